The highest BCUT2D eigenvalue weighted by molar-refractivity contribution is 6.07. The molecule has 0 radical (unpaired) electrons. The Balaban J connectivity index is 2.02. The molecule has 32 heavy (non-hydrogen) atoms. The highest BCUT2D eigenvalue weighted by Gasteiger charge is 2.21. The lowest BCUT2D eigenvalue weighted by molar-refractivity contribution is -0.385. The number of benzene rings is 2. The van der Waals surface area contributed by atoms with Gasteiger partial charge in [0.2, 0.25) is 0 Å². The van der Waals surface area contributed by atoms with Crippen molar-refractivity contribution in [2.45, 2.75) is 13.8 Å². The van der Waals surface area contributed by atoms with E-state index in [0.29, 0.717) is 0 Å². The van der Waals surface area contributed by atoms with E-state index in [0.717, 1.165) is 22.9 Å². The van der Waals surface area contributed by atoms with Crippen LogP contribution in [0.15, 0.2) is 53.3 Å². The van der Waals surface area contributed by atoms with Crippen molar-refractivity contribution >= 4 is 23.3 Å². The number of nitro benzene ring substituents is 1. The van der Waals surface area contributed by atoms with Gasteiger partial charge >= 0.3 is 5.97 Å². The van der Waals surface area contributed by atoms with Crippen LogP contribution in [-0.4, -0.2) is 33.2 Å². The van der Waals surface area contributed by atoms with Gasteiger partial charge in [0.15, 0.2) is 5.69 Å². The first-order chi connectivity index (χ1) is 15.2. The number of anilines is 1. The fraction of sp³-hybridized carbons (Fsp3) is 0.143. The molecule has 2 aromatic carbocycles. The molecule has 0 spiro atoms. The van der Waals surface area contributed by atoms with Crippen LogP contribution in [0.3, 0.4) is 0 Å². The molecule has 1 heterocycles. The third kappa shape index (κ3) is 4.67. The number of carbonyl (C=O) groups excluding carboxylic acids is 2. The highest BCUT2D eigenvalue weighted by Crippen LogP contribution is 2.20. The minimum absolute atomic E-state index is 0.0190. The second-order valence-electron chi connectivity index (χ2n) is 6.57. The van der Waals surface area contributed by atoms with Crippen LogP contribution in [0, 0.1) is 22.9 Å². The van der Waals surface area contributed by atoms with E-state index >= 15 is 0 Å². The molecule has 0 unspecified atom stereocenters. The van der Waals surface area contributed by atoms with E-state index < -0.39 is 28.2 Å². The maximum absolute atomic E-state index is 13.2. The molecule has 0 aliphatic rings. The van der Waals surface area contributed by atoms with Crippen molar-refractivity contribution in [3.8, 4) is 5.69 Å². The number of esters is 1. The Morgan fingerprint density at radius 2 is 1.88 bits per heavy atom. The van der Waals surface area contributed by atoms with Crippen LogP contribution in [-0.2, 0) is 4.74 Å². The average molecular weight is 440 g/mol. The molecule has 1 N–H and O–H groups in total. The summed E-state index contributed by atoms with van der Waals surface area (Å²) in [4.78, 5) is 48.1. The molecule has 10 nitrogen and oxygen atoms in total. The van der Waals surface area contributed by atoms with E-state index in [1.165, 1.54) is 37.3 Å². The molecule has 3 rings (SSSR count). The average Bonchev–Trinajstić information content (AvgIpc) is 2.74. The maximum atomic E-state index is 13.2. The van der Waals surface area contributed by atoms with Gasteiger partial charge in [-0.2, -0.15) is 9.78 Å². The molecule has 3 aromatic rings. The molecule has 0 aliphatic carbocycles. The summed E-state index contributed by atoms with van der Waals surface area (Å²) in [5, 5.41) is 17.4. The second kappa shape index (κ2) is 9.16. The first kappa shape index (κ1) is 22.3. The van der Waals surface area contributed by atoms with Gasteiger partial charge in [0.1, 0.15) is 5.82 Å². The molecular formula is C21H17FN4O6. The number of hydrogen-bond donors (Lipinski definition) is 1. The van der Waals surface area contributed by atoms with Gasteiger partial charge in [-0.05, 0) is 50.2 Å². The Kier molecular flexibility index (Phi) is 6.38. The standard InChI is InChI=1S/C21H17FN4O6/c1-3-32-21(29)19-16(11-18(27)25(24-19)15-7-5-14(22)6-8-15)23-20(28)13-4-9-17(26(30)31)12(2)10-13/h4-11H,3H2,1-2H3,(H,23,28). The van der Waals surface area contributed by atoms with Crippen molar-refractivity contribution in [2.24, 2.45) is 0 Å². The van der Waals surface area contributed by atoms with Gasteiger partial charge in [-0.25, -0.2) is 9.18 Å². The Hall–Kier alpha value is -4.41. The zero-order valence-electron chi connectivity index (χ0n) is 17.0. The molecule has 0 fully saturated rings. The van der Waals surface area contributed by atoms with E-state index in [1.54, 1.807) is 6.92 Å². The number of halogens is 1. The smallest absolute Gasteiger partial charge is 0.360 e. The fourth-order valence-electron chi connectivity index (χ4n) is 2.86. The van der Waals surface area contributed by atoms with Crippen molar-refractivity contribution < 1.29 is 23.6 Å². The summed E-state index contributed by atoms with van der Waals surface area (Å²) < 4.78 is 19.0. The van der Waals surface area contributed by atoms with Crippen molar-refractivity contribution in [3.63, 3.8) is 0 Å². The molecule has 0 bridgehead atoms. The zero-order valence-corrected chi connectivity index (χ0v) is 17.0. The number of nitro groups is 1. The summed E-state index contributed by atoms with van der Waals surface area (Å²) in [6.07, 6.45) is 0. The lowest BCUT2D eigenvalue weighted by Gasteiger charge is -2.12. The minimum Gasteiger partial charge on any atom is -0.461 e. The number of nitrogens with zero attached hydrogens (tertiary/aromatic N) is 3. The first-order valence-corrected chi connectivity index (χ1v) is 9.35. The molecule has 1 aromatic heterocycles. The summed E-state index contributed by atoms with van der Waals surface area (Å²) in [6.45, 7) is 3.07. The lowest BCUT2D eigenvalue weighted by atomic mass is 10.1. The molecule has 0 atom stereocenters. The van der Waals surface area contributed by atoms with Crippen LogP contribution in [0.2, 0.25) is 0 Å². The van der Waals surface area contributed by atoms with Crippen molar-refractivity contribution in [1.82, 2.24) is 9.78 Å². The SMILES string of the molecule is CCOC(=O)c1nn(-c2ccc(F)cc2)c(=O)cc1NC(=O)c1ccc([N+](=O)[O-])c(C)c1. The van der Waals surface area contributed by atoms with Crippen molar-refractivity contribution in [1.29, 1.82) is 0 Å². The second-order valence-corrected chi connectivity index (χ2v) is 6.57. The summed E-state index contributed by atoms with van der Waals surface area (Å²) in [5.74, 6) is -2.12. The minimum atomic E-state index is -0.890. The van der Waals surface area contributed by atoms with E-state index in [2.05, 4.69) is 10.4 Å². The van der Waals surface area contributed by atoms with Crippen molar-refractivity contribution in [3.05, 3.63) is 91.6 Å². The Bertz CT molecular complexity index is 1270. The van der Waals surface area contributed by atoms with Crippen LogP contribution >= 0.6 is 0 Å². The molecule has 0 saturated heterocycles. The van der Waals surface area contributed by atoms with Crippen LogP contribution < -0.4 is 10.9 Å². The van der Waals surface area contributed by atoms with Crippen LogP contribution in [0.4, 0.5) is 15.8 Å². The van der Waals surface area contributed by atoms with Gasteiger partial charge in [0, 0.05) is 23.3 Å². The Labute approximate surface area is 180 Å². The molecule has 0 aliphatic heterocycles. The third-order valence-electron chi connectivity index (χ3n) is 4.38. The number of aryl methyl sites for hydroxylation is 1. The lowest BCUT2D eigenvalue weighted by Crippen LogP contribution is -2.27. The third-order valence-corrected chi connectivity index (χ3v) is 4.38. The molecule has 0 saturated carbocycles. The number of hydrogen-bond acceptors (Lipinski definition) is 7. The topological polar surface area (TPSA) is 133 Å². The fourth-order valence-corrected chi connectivity index (χ4v) is 2.86. The largest absolute Gasteiger partial charge is 0.461 e. The number of rotatable bonds is 6. The predicted molar refractivity (Wildman–Crippen MR) is 112 cm³/mol. The summed E-state index contributed by atoms with van der Waals surface area (Å²) >= 11 is 0. The summed E-state index contributed by atoms with van der Waals surface area (Å²) in [7, 11) is 0. The van der Waals surface area contributed by atoms with Crippen molar-refractivity contribution in [2.75, 3.05) is 11.9 Å². The predicted octanol–water partition coefficient (Wildman–Crippen LogP) is 3.02. The molecule has 11 heteroatoms. The van der Waals surface area contributed by atoms with Gasteiger partial charge in [0.25, 0.3) is 17.2 Å². The quantitative estimate of drug-likeness (QED) is 0.354. The van der Waals surface area contributed by atoms with Gasteiger partial charge < -0.3 is 10.1 Å². The molecular weight excluding hydrogens is 423 g/mol. The first-order valence-electron chi connectivity index (χ1n) is 9.35. The zero-order chi connectivity index (χ0) is 23.4. The van der Waals surface area contributed by atoms with Gasteiger partial charge in [-0.1, -0.05) is 0 Å². The number of aromatic nitrogens is 2. The number of ether oxygens (including phenoxy) is 1. The van der Waals surface area contributed by atoms with Gasteiger partial charge in [0.05, 0.1) is 22.9 Å². The normalized spacial score (nSPS) is 10.5. The van der Waals surface area contributed by atoms with Crippen LogP contribution in [0.5, 0.6) is 0 Å². The van der Waals surface area contributed by atoms with Crippen LogP contribution in [0.25, 0.3) is 5.69 Å². The maximum Gasteiger partial charge on any atom is 0.360 e. The summed E-state index contributed by atoms with van der Waals surface area (Å²) in [6, 6.07) is 9.58. The van der Waals surface area contributed by atoms with Crippen LogP contribution in [0.1, 0.15) is 33.3 Å². The highest BCUT2D eigenvalue weighted by atomic mass is 19.1. The van der Waals surface area contributed by atoms with E-state index in [4.69, 9.17) is 4.74 Å². The molecule has 1 amide bonds. The summed E-state index contributed by atoms with van der Waals surface area (Å²) in [5.41, 5.74) is -0.859. The van der Waals surface area contributed by atoms with E-state index in [-0.39, 0.29) is 40.5 Å². The van der Waals surface area contributed by atoms with Gasteiger partial charge in [-0.15, -0.1) is 0 Å². The Morgan fingerprint density at radius 1 is 1.19 bits per heavy atom. The van der Waals surface area contributed by atoms with E-state index in [1.807, 2.05) is 0 Å². The number of carbonyl (C=O) groups is 2. The number of amides is 1. The monoisotopic (exact) mass is 440 g/mol. The number of nitrogens with one attached hydrogen (secondary N) is 1. The van der Waals surface area contributed by atoms with Gasteiger partial charge in [-0.3, -0.25) is 19.7 Å². The Morgan fingerprint density at radius 3 is 2.47 bits per heavy atom. The van der Waals surface area contributed by atoms with E-state index in [9.17, 15) is 28.9 Å². The molecule has 164 valence electrons.